The summed E-state index contributed by atoms with van der Waals surface area (Å²) in [6.45, 7) is 1.31. The molecular weight excluding hydrogens is 351 g/mol. The zero-order valence-corrected chi connectivity index (χ0v) is 15.8. The maximum atomic E-state index is 12.4. The molecule has 6 heteroatoms. The summed E-state index contributed by atoms with van der Waals surface area (Å²) in [6.07, 6.45) is 1.73. The monoisotopic (exact) mass is 374 g/mol. The van der Waals surface area contributed by atoms with E-state index in [0.717, 1.165) is 22.5 Å². The van der Waals surface area contributed by atoms with Crippen molar-refractivity contribution in [3.05, 3.63) is 59.4 Å². The zero-order valence-electron chi connectivity index (χ0n) is 15.0. The molecule has 26 heavy (non-hydrogen) atoms. The average Bonchev–Trinajstić information content (AvgIpc) is 2.68. The van der Waals surface area contributed by atoms with E-state index in [0.29, 0.717) is 37.7 Å². The SMILES string of the molecule is CNc1ccc(C#Cc2ccc(COCC(COC)CSF)nc2)cc1. The topological polar surface area (TPSA) is 43.4 Å². The number of pyridine rings is 1. The summed E-state index contributed by atoms with van der Waals surface area (Å²) in [5.41, 5.74) is 3.67. The Kier molecular flexibility index (Phi) is 8.98. The smallest absolute Gasteiger partial charge is 0.0888 e. The number of rotatable bonds is 9. The highest BCUT2D eigenvalue weighted by Crippen LogP contribution is 2.11. The molecule has 1 aromatic heterocycles. The van der Waals surface area contributed by atoms with Gasteiger partial charge in [-0.25, -0.2) is 0 Å². The maximum Gasteiger partial charge on any atom is 0.0888 e. The molecule has 1 heterocycles. The molecule has 0 radical (unpaired) electrons. The highest BCUT2D eigenvalue weighted by atomic mass is 32.2. The molecular formula is C20H23FN2O2S. The molecule has 0 amide bonds. The third-order valence-corrected chi connectivity index (χ3v) is 4.25. The van der Waals surface area contributed by atoms with Crippen LogP contribution in [0.15, 0.2) is 42.6 Å². The number of nitrogens with zero attached hydrogens (tertiary/aromatic N) is 1. The molecule has 0 aliphatic carbocycles. The van der Waals surface area contributed by atoms with E-state index in [1.807, 2.05) is 43.4 Å². The van der Waals surface area contributed by atoms with Crippen LogP contribution < -0.4 is 5.32 Å². The van der Waals surface area contributed by atoms with Crippen LogP contribution in [-0.2, 0) is 16.1 Å². The number of hydrogen-bond donors (Lipinski definition) is 1. The fraction of sp³-hybridized carbons (Fsp3) is 0.350. The van der Waals surface area contributed by atoms with Gasteiger partial charge in [0.1, 0.15) is 0 Å². The van der Waals surface area contributed by atoms with E-state index < -0.39 is 0 Å². The second-order valence-electron chi connectivity index (χ2n) is 5.73. The first-order valence-electron chi connectivity index (χ1n) is 8.30. The lowest BCUT2D eigenvalue weighted by atomic mass is 10.2. The normalized spacial score (nSPS) is 11.5. The molecule has 0 fully saturated rings. The van der Waals surface area contributed by atoms with Crippen molar-refractivity contribution in [2.75, 3.05) is 38.4 Å². The minimum atomic E-state index is 0.0365. The Morgan fingerprint density at radius 1 is 1.12 bits per heavy atom. The van der Waals surface area contributed by atoms with Crippen LogP contribution in [0.25, 0.3) is 0 Å². The van der Waals surface area contributed by atoms with Crippen molar-refractivity contribution in [3.63, 3.8) is 0 Å². The number of anilines is 1. The maximum absolute atomic E-state index is 12.4. The molecule has 2 aromatic rings. The van der Waals surface area contributed by atoms with Crippen LogP contribution >= 0.6 is 12.1 Å². The molecule has 1 unspecified atom stereocenters. The first-order chi connectivity index (χ1) is 12.7. The van der Waals surface area contributed by atoms with Gasteiger partial charge < -0.3 is 14.8 Å². The van der Waals surface area contributed by atoms with Crippen molar-refractivity contribution in [2.24, 2.45) is 5.92 Å². The Morgan fingerprint density at radius 3 is 2.46 bits per heavy atom. The Bertz CT molecular complexity index is 705. The lowest BCUT2D eigenvalue weighted by Crippen LogP contribution is -2.17. The Morgan fingerprint density at radius 2 is 1.85 bits per heavy atom. The summed E-state index contributed by atoms with van der Waals surface area (Å²) < 4.78 is 23.0. The van der Waals surface area contributed by atoms with E-state index >= 15 is 0 Å². The molecule has 138 valence electrons. The fourth-order valence-corrected chi connectivity index (χ4v) is 2.62. The van der Waals surface area contributed by atoms with Crippen LogP contribution in [0, 0.1) is 17.8 Å². The summed E-state index contributed by atoms with van der Waals surface area (Å²) in [6, 6.07) is 11.7. The number of ether oxygens (including phenoxy) is 2. The molecule has 0 aliphatic heterocycles. The molecule has 0 saturated carbocycles. The van der Waals surface area contributed by atoms with Crippen molar-refractivity contribution in [1.82, 2.24) is 4.98 Å². The first kappa shape index (κ1) is 20.2. The fourth-order valence-electron chi connectivity index (χ4n) is 2.25. The zero-order chi connectivity index (χ0) is 18.6. The molecule has 1 N–H and O–H groups in total. The Balaban J connectivity index is 1.85. The molecule has 2 rings (SSSR count). The van der Waals surface area contributed by atoms with E-state index in [4.69, 9.17) is 9.47 Å². The van der Waals surface area contributed by atoms with E-state index in [2.05, 4.69) is 22.1 Å². The molecule has 4 nitrogen and oxygen atoms in total. The minimum Gasteiger partial charge on any atom is -0.388 e. The highest BCUT2D eigenvalue weighted by molar-refractivity contribution is 7.94. The van der Waals surface area contributed by atoms with E-state index in [-0.39, 0.29) is 5.92 Å². The van der Waals surface area contributed by atoms with Gasteiger partial charge in [-0.15, -0.1) is 0 Å². The van der Waals surface area contributed by atoms with Crippen LogP contribution in [0.4, 0.5) is 9.57 Å². The molecule has 0 aliphatic rings. The lowest BCUT2D eigenvalue weighted by Gasteiger charge is -2.13. The summed E-state index contributed by atoms with van der Waals surface area (Å²) in [7, 11) is 3.49. The van der Waals surface area contributed by atoms with Crippen molar-refractivity contribution in [1.29, 1.82) is 0 Å². The van der Waals surface area contributed by atoms with Crippen LogP contribution in [0.1, 0.15) is 16.8 Å². The average molecular weight is 374 g/mol. The standard InChI is InChI=1S/C20H23FN2O2S/c1-22-19-8-5-16(6-9-19)3-4-17-7-10-20(23-11-17)14-25-13-18(12-24-2)15-26-21/h5-11,18,22H,12-15H2,1-2H3. The van der Waals surface area contributed by atoms with Crippen LogP contribution in [0.3, 0.4) is 0 Å². The molecule has 0 saturated heterocycles. The van der Waals surface area contributed by atoms with Crippen molar-refractivity contribution in [2.45, 2.75) is 6.61 Å². The van der Waals surface area contributed by atoms with Crippen molar-refractivity contribution >= 4 is 17.8 Å². The van der Waals surface area contributed by atoms with Gasteiger partial charge in [0.05, 0.1) is 25.5 Å². The number of aromatic nitrogens is 1. The van der Waals surface area contributed by atoms with Gasteiger partial charge in [0, 0.05) is 61.0 Å². The third-order valence-electron chi connectivity index (χ3n) is 3.65. The third kappa shape index (κ3) is 7.04. The Labute approximate surface area is 158 Å². The predicted octanol–water partition coefficient (Wildman–Crippen LogP) is 3.92. The lowest BCUT2D eigenvalue weighted by molar-refractivity contribution is 0.0563. The van der Waals surface area contributed by atoms with Gasteiger partial charge in [-0.3, -0.25) is 4.98 Å². The van der Waals surface area contributed by atoms with Gasteiger partial charge in [-0.05, 0) is 36.4 Å². The van der Waals surface area contributed by atoms with Gasteiger partial charge in [0.25, 0.3) is 0 Å². The second kappa shape index (κ2) is 11.5. The second-order valence-corrected chi connectivity index (χ2v) is 6.28. The largest absolute Gasteiger partial charge is 0.388 e. The van der Waals surface area contributed by atoms with E-state index in [1.165, 1.54) is 0 Å². The van der Waals surface area contributed by atoms with Gasteiger partial charge in [-0.1, -0.05) is 11.8 Å². The van der Waals surface area contributed by atoms with Crippen LogP contribution in [-0.4, -0.2) is 38.1 Å². The number of methoxy groups -OCH3 is 1. The number of benzene rings is 1. The number of nitrogens with one attached hydrogen (secondary N) is 1. The molecule has 1 aromatic carbocycles. The van der Waals surface area contributed by atoms with Crippen LogP contribution in [0.5, 0.6) is 0 Å². The quantitative estimate of drug-likeness (QED) is 0.674. The number of halogens is 1. The van der Waals surface area contributed by atoms with Crippen molar-refractivity contribution in [3.8, 4) is 11.8 Å². The van der Waals surface area contributed by atoms with Gasteiger partial charge in [0.2, 0.25) is 0 Å². The van der Waals surface area contributed by atoms with Crippen LogP contribution in [0.2, 0.25) is 0 Å². The summed E-state index contributed by atoms with van der Waals surface area (Å²) >= 11 is 0.309. The van der Waals surface area contributed by atoms with E-state index in [1.54, 1.807) is 13.3 Å². The van der Waals surface area contributed by atoms with Gasteiger partial charge >= 0.3 is 0 Å². The molecule has 0 bridgehead atoms. The van der Waals surface area contributed by atoms with Gasteiger partial charge in [-0.2, -0.15) is 3.89 Å². The summed E-state index contributed by atoms with van der Waals surface area (Å²) in [5.74, 6) is 6.62. The minimum absolute atomic E-state index is 0.0365. The van der Waals surface area contributed by atoms with Crippen molar-refractivity contribution < 1.29 is 13.4 Å². The first-order valence-corrected chi connectivity index (χ1v) is 9.18. The molecule has 1 atom stereocenters. The van der Waals surface area contributed by atoms with E-state index in [9.17, 15) is 3.89 Å². The highest BCUT2D eigenvalue weighted by Gasteiger charge is 2.09. The predicted molar refractivity (Wildman–Crippen MR) is 105 cm³/mol. The van der Waals surface area contributed by atoms with Gasteiger partial charge in [0.15, 0.2) is 0 Å². The molecule has 0 spiro atoms. The Hall–Kier alpha value is -2.07. The summed E-state index contributed by atoms with van der Waals surface area (Å²) in [4.78, 5) is 4.36. The summed E-state index contributed by atoms with van der Waals surface area (Å²) in [5, 5.41) is 3.08. The number of hydrogen-bond acceptors (Lipinski definition) is 5.